The molecule has 1 aromatic heterocycles. The lowest BCUT2D eigenvalue weighted by molar-refractivity contribution is -0.141. The molecule has 2 atom stereocenters. The molecule has 0 aliphatic carbocycles. The Balaban J connectivity index is 2.57. The van der Waals surface area contributed by atoms with Crippen LogP contribution < -0.4 is 5.32 Å². The highest BCUT2D eigenvalue weighted by molar-refractivity contribution is 5.70. The summed E-state index contributed by atoms with van der Waals surface area (Å²) in [7, 11) is 0. The minimum atomic E-state index is -0.805. The molecule has 0 aliphatic heterocycles. The maximum atomic E-state index is 10.7. The fraction of sp³-hybridized carbons (Fsp3) is 0.400. The van der Waals surface area contributed by atoms with E-state index in [0.717, 1.165) is 0 Å². The van der Waals surface area contributed by atoms with Crippen molar-refractivity contribution in [3.05, 3.63) is 24.4 Å². The van der Waals surface area contributed by atoms with Crippen molar-refractivity contribution in [1.29, 1.82) is 0 Å². The van der Waals surface area contributed by atoms with Crippen molar-refractivity contribution in [3.8, 4) is 0 Å². The van der Waals surface area contributed by atoms with Gasteiger partial charge in [0.25, 0.3) is 0 Å². The van der Waals surface area contributed by atoms with Crippen LogP contribution in [0.5, 0.6) is 0 Å². The Labute approximate surface area is 83.0 Å². The van der Waals surface area contributed by atoms with E-state index in [4.69, 9.17) is 5.11 Å². The van der Waals surface area contributed by atoms with Gasteiger partial charge in [-0.15, -0.1) is 0 Å². The Morgan fingerprint density at radius 1 is 1.50 bits per heavy atom. The van der Waals surface area contributed by atoms with Gasteiger partial charge in [-0.1, -0.05) is 6.07 Å². The number of carbonyl (C=O) groups is 1. The molecule has 0 saturated heterocycles. The number of nitrogens with zero attached hydrogens (tertiary/aromatic N) is 1. The number of aliphatic carboxylic acids is 1. The number of carboxylic acids is 1. The standard InChI is InChI=1S/C10H14N2O2/c1-7(10(13)14)8(2)12-9-5-3-4-6-11-9/h3-8H,1-2H3,(H,11,12)(H,13,14)/t7-,8?/m0/s1. The molecule has 0 radical (unpaired) electrons. The molecule has 0 spiro atoms. The first-order valence-electron chi connectivity index (χ1n) is 4.51. The summed E-state index contributed by atoms with van der Waals surface area (Å²) in [5.41, 5.74) is 0. The molecule has 1 aromatic rings. The third-order valence-corrected chi connectivity index (χ3v) is 2.18. The smallest absolute Gasteiger partial charge is 0.308 e. The lowest BCUT2D eigenvalue weighted by Gasteiger charge is -2.17. The number of pyridine rings is 1. The zero-order chi connectivity index (χ0) is 10.6. The van der Waals surface area contributed by atoms with E-state index in [1.54, 1.807) is 13.1 Å². The van der Waals surface area contributed by atoms with Crippen LogP contribution in [0.2, 0.25) is 0 Å². The summed E-state index contributed by atoms with van der Waals surface area (Å²) in [6.45, 7) is 3.50. The Hall–Kier alpha value is -1.58. The minimum Gasteiger partial charge on any atom is -0.481 e. The van der Waals surface area contributed by atoms with Crippen molar-refractivity contribution in [3.63, 3.8) is 0 Å². The lowest BCUT2D eigenvalue weighted by atomic mass is 10.0. The molecule has 2 N–H and O–H groups in total. The molecular weight excluding hydrogens is 180 g/mol. The molecule has 0 aliphatic rings. The summed E-state index contributed by atoms with van der Waals surface area (Å²) in [6, 6.07) is 5.34. The van der Waals surface area contributed by atoms with Gasteiger partial charge in [-0.2, -0.15) is 0 Å². The SMILES string of the molecule is CC(Nc1ccccn1)[C@H](C)C(=O)O. The number of hydrogen-bond acceptors (Lipinski definition) is 3. The molecular formula is C10H14N2O2. The van der Waals surface area contributed by atoms with E-state index in [0.29, 0.717) is 5.82 Å². The molecule has 0 bridgehead atoms. The number of hydrogen-bond donors (Lipinski definition) is 2. The molecule has 4 heteroatoms. The van der Waals surface area contributed by atoms with Gasteiger partial charge in [0.1, 0.15) is 5.82 Å². The fourth-order valence-corrected chi connectivity index (χ4v) is 1.02. The third-order valence-electron chi connectivity index (χ3n) is 2.18. The highest BCUT2D eigenvalue weighted by atomic mass is 16.4. The first kappa shape index (κ1) is 10.5. The number of rotatable bonds is 4. The van der Waals surface area contributed by atoms with E-state index < -0.39 is 11.9 Å². The molecule has 1 rings (SSSR count). The van der Waals surface area contributed by atoms with Crippen LogP contribution in [-0.2, 0) is 4.79 Å². The Kier molecular flexibility index (Phi) is 3.45. The molecule has 0 fully saturated rings. The monoisotopic (exact) mass is 194 g/mol. The number of carboxylic acid groups (broad SMARTS) is 1. The number of aromatic nitrogens is 1. The van der Waals surface area contributed by atoms with Crippen LogP contribution in [0.25, 0.3) is 0 Å². The normalized spacial score (nSPS) is 14.4. The van der Waals surface area contributed by atoms with E-state index >= 15 is 0 Å². The average molecular weight is 194 g/mol. The summed E-state index contributed by atoms with van der Waals surface area (Å²) in [5, 5.41) is 11.8. The van der Waals surface area contributed by atoms with Crippen LogP contribution in [0.1, 0.15) is 13.8 Å². The van der Waals surface area contributed by atoms with Crippen molar-refractivity contribution in [1.82, 2.24) is 4.98 Å². The summed E-state index contributed by atoms with van der Waals surface area (Å²) >= 11 is 0. The maximum Gasteiger partial charge on any atom is 0.308 e. The van der Waals surface area contributed by atoms with Gasteiger partial charge in [-0.3, -0.25) is 4.79 Å². The molecule has 0 amide bonds. The summed E-state index contributed by atoms with van der Waals surface area (Å²) in [6.07, 6.45) is 1.67. The van der Waals surface area contributed by atoms with Gasteiger partial charge in [-0.05, 0) is 26.0 Å². The van der Waals surface area contributed by atoms with Gasteiger partial charge in [0.05, 0.1) is 5.92 Å². The maximum absolute atomic E-state index is 10.7. The highest BCUT2D eigenvalue weighted by Crippen LogP contribution is 2.09. The molecule has 1 heterocycles. The zero-order valence-electron chi connectivity index (χ0n) is 8.27. The summed E-state index contributed by atoms with van der Waals surface area (Å²) < 4.78 is 0. The number of anilines is 1. The van der Waals surface area contributed by atoms with Crippen LogP contribution in [0.3, 0.4) is 0 Å². The minimum absolute atomic E-state index is 0.137. The second kappa shape index (κ2) is 4.60. The average Bonchev–Trinajstić information content (AvgIpc) is 2.18. The van der Waals surface area contributed by atoms with Crippen molar-refractivity contribution in [2.24, 2.45) is 5.92 Å². The van der Waals surface area contributed by atoms with Crippen LogP contribution in [0, 0.1) is 5.92 Å². The molecule has 1 unspecified atom stereocenters. The summed E-state index contributed by atoms with van der Waals surface area (Å²) in [4.78, 5) is 14.7. The van der Waals surface area contributed by atoms with Crippen LogP contribution >= 0.6 is 0 Å². The first-order chi connectivity index (χ1) is 6.61. The van der Waals surface area contributed by atoms with Crippen molar-refractivity contribution in [2.75, 3.05) is 5.32 Å². The van der Waals surface area contributed by atoms with Crippen molar-refractivity contribution >= 4 is 11.8 Å². The van der Waals surface area contributed by atoms with Gasteiger partial charge in [0, 0.05) is 12.2 Å². The first-order valence-corrected chi connectivity index (χ1v) is 4.51. The number of nitrogens with one attached hydrogen (secondary N) is 1. The van der Waals surface area contributed by atoms with E-state index in [-0.39, 0.29) is 6.04 Å². The van der Waals surface area contributed by atoms with Crippen molar-refractivity contribution < 1.29 is 9.90 Å². The van der Waals surface area contributed by atoms with E-state index in [9.17, 15) is 4.79 Å². The van der Waals surface area contributed by atoms with E-state index in [1.807, 2.05) is 25.1 Å². The van der Waals surface area contributed by atoms with Gasteiger partial charge >= 0.3 is 5.97 Å². The second-order valence-electron chi connectivity index (χ2n) is 3.27. The Bertz CT molecular complexity index is 300. The quantitative estimate of drug-likeness (QED) is 0.764. The molecule has 0 aromatic carbocycles. The highest BCUT2D eigenvalue weighted by Gasteiger charge is 2.18. The fourth-order valence-electron chi connectivity index (χ4n) is 1.02. The van der Waals surface area contributed by atoms with Gasteiger partial charge < -0.3 is 10.4 Å². The topological polar surface area (TPSA) is 62.2 Å². The zero-order valence-corrected chi connectivity index (χ0v) is 8.27. The Morgan fingerprint density at radius 2 is 2.21 bits per heavy atom. The van der Waals surface area contributed by atoms with Gasteiger partial charge in [0.2, 0.25) is 0 Å². The van der Waals surface area contributed by atoms with Crippen LogP contribution in [-0.4, -0.2) is 22.1 Å². The Morgan fingerprint density at radius 3 is 2.71 bits per heavy atom. The second-order valence-corrected chi connectivity index (χ2v) is 3.27. The van der Waals surface area contributed by atoms with Crippen LogP contribution in [0.4, 0.5) is 5.82 Å². The molecule has 14 heavy (non-hydrogen) atoms. The van der Waals surface area contributed by atoms with Gasteiger partial charge in [0.15, 0.2) is 0 Å². The molecule has 0 saturated carbocycles. The molecule has 76 valence electrons. The lowest BCUT2D eigenvalue weighted by Crippen LogP contribution is -2.29. The van der Waals surface area contributed by atoms with Crippen LogP contribution in [0.15, 0.2) is 24.4 Å². The molecule has 4 nitrogen and oxygen atoms in total. The van der Waals surface area contributed by atoms with E-state index in [2.05, 4.69) is 10.3 Å². The van der Waals surface area contributed by atoms with E-state index in [1.165, 1.54) is 0 Å². The predicted molar refractivity (Wildman–Crippen MR) is 54.1 cm³/mol. The largest absolute Gasteiger partial charge is 0.481 e. The summed E-state index contributed by atoms with van der Waals surface area (Å²) in [5.74, 6) is -0.536. The van der Waals surface area contributed by atoms with Gasteiger partial charge in [-0.25, -0.2) is 4.98 Å². The third kappa shape index (κ3) is 2.73. The van der Waals surface area contributed by atoms with Crippen molar-refractivity contribution in [2.45, 2.75) is 19.9 Å². The predicted octanol–water partition coefficient (Wildman–Crippen LogP) is 1.60.